The van der Waals surface area contributed by atoms with Crippen molar-refractivity contribution in [3.8, 4) is 0 Å². The molecule has 0 aliphatic carbocycles. The molecular weight excluding hydrogens is 234 g/mol. The van der Waals surface area contributed by atoms with Gasteiger partial charge in [0.15, 0.2) is 0 Å². The summed E-state index contributed by atoms with van der Waals surface area (Å²) in [7, 11) is -1.42. The fraction of sp³-hybridized carbons (Fsp3) is 1.00. The molecule has 0 rings (SSSR count). The second kappa shape index (κ2) is 6.01. The van der Waals surface area contributed by atoms with Crippen molar-refractivity contribution < 1.29 is 28.2 Å². The number of rotatable bonds is 0. The number of hydrogen-bond donors (Lipinski definition) is 0. The third kappa shape index (κ3) is 77.1. The Hall–Kier alpha value is 1.88. The second-order valence-corrected chi connectivity index (χ2v) is 5.17. The SMILES string of the molecule is C[S+](C)(C)=O.[I-].[Na]. The summed E-state index contributed by atoms with van der Waals surface area (Å²) in [6, 6.07) is 0. The van der Waals surface area contributed by atoms with E-state index in [1.807, 2.05) is 0 Å². The normalized spacial score (nSPS) is 8.43. The van der Waals surface area contributed by atoms with Crippen molar-refractivity contribution in [2.24, 2.45) is 0 Å². The van der Waals surface area contributed by atoms with E-state index in [4.69, 9.17) is 0 Å². The van der Waals surface area contributed by atoms with Crippen LogP contribution in [0.1, 0.15) is 0 Å². The van der Waals surface area contributed by atoms with Crippen molar-refractivity contribution in [1.29, 1.82) is 0 Å². The van der Waals surface area contributed by atoms with Gasteiger partial charge >= 0.3 is 0 Å². The first-order valence-electron chi connectivity index (χ1n) is 1.39. The van der Waals surface area contributed by atoms with Crippen molar-refractivity contribution in [3.63, 3.8) is 0 Å². The van der Waals surface area contributed by atoms with Gasteiger partial charge in [0.2, 0.25) is 0 Å². The van der Waals surface area contributed by atoms with Crippen LogP contribution in [0, 0.1) is 0 Å². The Balaban J connectivity index is -0.0000000800. The molecule has 1 radical (unpaired) electrons. The molecule has 0 aliphatic rings. The topological polar surface area (TPSA) is 17.1 Å². The van der Waals surface area contributed by atoms with Gasteiger partial charge in [-0.3, -0.25) is 0 Å². The van der Waals surface area contributed by atoms with E-state index in [2.05, 4.69) is 0 Å². The van der Waals surface area contributed by atoms with Gasteiger partial charge in [-0.15, -0.1) is 4.21 Å². The minimum atomic E-state index is -1.42. The Morgan fingerprint density at radius 1 is 1.14 bits per heavy atom. The van der Waals surface area contributed by atoms with Crippen LogP contribution in [0.5, 0.6) is 0 Å². The molecule has 0 aromatic carbocycles. The standard InChI is InChI=1S/C3H9OS.HI.Na/c1-5(2,3)4;;/h1-3H3;1H;/q+1;;/p-1. The van der Waals surface area contributed by atoms with Crippen LogP contribution in [0.2, 0.25) is 0 Å². The fourth-order valence-electron chi connectivity index (χ4n) is 0. The van der Waals surface area contributed by atoms with Crippen LogP contribution in [-0.2, 0) is 14.1 Å². The summed E-state index contributed by atoms with van der Waals surface area (Å²) >= 11 is 0. The summed E-state index contributed by atoms with van der Waals surface area (Å²) < 4.78 is 10.2. The van der Waals surface area contributed by atoms with E-state index < -0.39 is 9.93 Å². The van der Waals surface area contributed by atoms with Gasteiger partial charge in [-0.2, -0.15) is 0 Å². The molecule has 0 saturated carbocycles. The van der Waals surface area contributed by atoms with Crippen molar-refractivity contribution in [3.05, 3.63) is 0 Å². The first-order chi connectivity index (χ1) is 2.00. The average Bonchev–Trinajstić information content (AvgIpc) is 0.722. The van der Waals surface area contributed by atoms with Crippen LogP contribution in [0.3, 0.4) is 0 Å². The van der Waals surface area contributed by atoms with Crippen LogP contribution in [-0.4, -0.2) is 48.3 Å². The van der Waals surface area contributed by atoms with Gasteiger partial charge < -0.3 is 24.0 Å². The van der Waals surface area contributed by atoms with Crippen molar-refractivity contribution in [2.45, 2.75) is 0 Å². The number of hydrogen-bond acceptors (Lipinski definition) is 1. The van der Waals surface area contributed by atoms with E-state index >= 15 is 0 Å². The maximum atomic E-state index is 10.2. The fourth-order valence-corrected chi connectivity index (χ4v) is 0. The minimum Gasteiger partial charge on any atom is -1.00 e. The largest absolute Gasteiger partial charge is 1.00 e. The quantitative estimate of drug-likeness (QED) is 0.252. The zero-order valence-electron chi connectivity index (χ0n) is 5.19. The molecule has 7 heavy (non-hydrogen) atoms. The smallest absolute Gasteiger partial charge is 0.101 e. The molecule has 0 aromatic heterocycles. The Kier molecular flexibility index (Phi) is 13.7. The third-order valence-electron chi connectivity index (χ3n) is 0. The predicted molar refractivity (Wildman–Crippen MR) is 31.6 cm³/mol. The Bertz CT molecular complexity index is 61.1. The maximum absolute atomic E-state index is 10.2. The van der Waals surface area contributed by atoms with E-state index in [0.717, 1.165) is 0 Å². The molecule has 0 bridgehead atoms. The van der Waals surface area contributed by atoms with Crippen molar-refractivity contribution in [2.75, 3.05) is 18.8 Å². The van der Waals surface area contributed by atoms with Gasteiger partial charge in [0.25, 0.3) is 0 Å². The Morgan fingerprint density at radius 3 is 1.14 bits per heavy atom. The summed E-state index contributed by atoms with van der Waals surface area (Å²) in [4.78, 5) is 0. The Morgan fingerprint density at radius 2 is 1.14 bits per heavy atom. The van der Waals surface area contributed by atoms with Gasteiger partial charge in [0.05, 0.1) is 9.93 Å². The minimum absolute atomic E-state index is 0. The molecule has 4 heteroatoms. The second-order valence-electron chi connectivity index (χ2n) is 1.72. The zero-order valence-corrected chi connectivity index (χ0v) is 10.2. The molecule has 0 unspecified atom stereocenters. The average molecular weight is 243 g/mol. The molecule has 0 saturated heterocycles. The Labute approximate surface area is 85.4 Å². The van der Waals surface area contributed by atoms with E-state index in [0.29, 0.717) is 0 Å². The van der Waals surface area contributed by atoms with Crippen LogP contribution in [0.15, 0.2) is 0 Å². The zero-order chi connectivity index (χ0) is 4.50. The first-order valence-corrected chi connectivity index (χ1v) is 4.17. The van der Waals surface area contributed by atoms with E-state index in [1.165, 1.54) is 0 Å². The van der Waals surface area contributed by atoms with Crippen LogP contribution < -0.4 is 24.0 Å². The van der Waals surface area contributed by atoms with Crippen molar-refractivity contribution in [1.82, 2.24) is 0 Å². The molecule has 0 aliphatic heterocycles. The van der Waals surface area contributed by atoms with E-state index in [1.54, 1.807) is 18.8 Å². The van der Waals surface area contributed by atoms with Gasteiger partial charge in [-0.1, -0.05) is 0 Å². The van der Waals surface area contributed by atoms with Crippen LogP contribution in [0.4, 0.5) is 0 Å². The van der Waals surface area contributed by atoms with E-state index in [-0.39, 0.29) is 53.5 Å². The van der Waals surface area contributed by atoms with Gasteiger partial charge in [-0.25, -0.2) is 0 Å². The summed E-state index contributed by atoms with van der Waals surface area (Å²) in [6.07, 6.45) is 5.15. The van der Waals surface area contributed by atoms with Gasteiger partial charge in [0, 0.05) is 29.6 Å². The van der Waals surface area contributed by atoms with Crippen molar-refractivity contribution >= 4 is 39.5 Å². The molecule has 0 aromatic rings. The summed E-state index contributed by atoms with van der Waals surface area (Å²) in [5.74, 6) is 0. The molecule has 0 heterocycles. The van der Waals surface area contributed by atoms with Gasteiger partial charge in [-0.05, 0) is 0 Å². The van der Waals surface area contributed by atoms with Crippen LogP contribution in [0.25, 0.3) is 0 Å². The van der Waals surface area contributed by atoms with Gasteiger partial charge in [0.1, 0.15) is 18.8 Å². The molecule has 1 nitrogen and oxygen atoms in total. The predicted octanol–water partition coefficient (Wildman–Crippen LogP) is -3.00. The maximum Gasteiger partial charge on any atom is 0.101 e. The summed E-state index contributed by atoms with van der Waals surface area (Å²) in [5.41, 5.74) is 0. The molecule has 0 N–H and O–H groups in total. The monoisotopic (exact) mass is 243 g/mol. The van der Waals surface area contributed by atoms with Crippen LogP contribution >= 0.6 is 0 Å². The third-order valence-corrected chi connectivity index (χ3v) is 0. The summed E-state index contributed by atoms with van der Waals surface area (Å²) in [6.45, 7) is 0. The molecule has 0 amide bonds. The summed E-state index contributed by atoms with van der Waals surface area (Å²) in [5, 5.41) is 0. The molecule has 0 fully saturated rings. The first kappa shape index (κ1) is 15.9. The molecule has 41 valence electrons. The van der Waals surface area contributed by atoms with E-state index in [9.17, 15) is 4.21 Å². The number of halogens is 1. The molecule has 0 spiro atoms. The molecular formula is C3H9INaOS. The molecule has 0 atom stereocenters.